The molecule has 0 spiro atoms. The second-order valence-corrected chi connectivity index (χ2v) is 4.99. The largest absolute Gasteiger partial charge is 0.384 e. The summed E-state index contributed by atoms with van der Waals surface area (Å²) in [6, 6.07) is 7.95. The molecule has 0 heterocycles. The van der Waals surface area contributed by atoms with Gasteiger partial charge in [-0.3, -0.25) is 4.79 Å². The molecule has 1 aromatic rings. The standard InChI is InChI=1S/C11H13BrO2S/c1-14-7-6-10(13)8-15-11-4-2-9(12)3-5-11/h2-5H,6-8H2,1H3. The van der Waals surface area contributed by atoms with Crippen molar-refractivity contribution in [1.29, 1.82) is 0 Å². The molecule has 0 unspecified atom stereocenters. The van der Waals surface area contributed by atoms with Crippen LogP contribution in [0.3, 0.4) is 0 Å². The third kappa shape index (κ3) is 5.35. The van der Waals surface area contributed by atoms with E-state index in [0.29, 0.717) is 18.8 Å². The average Bonchev–Trinajstić information content (AvgIpc) is 2.25. The molecule has 82 valence electrons. The maximum Gasteiger partial charge on any atom is 0.145 e. The van der Waals surface area contributed by atoms with E-state index in [-0.39, 0.29) is 5.78 Å². The highest BCUT2D eigenvalue weighted by Crippen LogP contribution is 2.20. The van der Waals surface area contributed by atoms with E-state index in [1.165, 1.54) is 0 Å². The fourth-order valence-corrected chi connectivity index (χ4v) is 2.05. The third-order valence-corrected chi connectivity index (χ3v) is 3.40. The van der Waals surface area contributed by atoms with Gasteiger partial charge in [0, 0.05) is 22.9 Å². The molecule has 0 N–H and O–H groups in total. The van der Waals surface area contributed by atoms with Gasteiger partial charge in [-0.15, -0.1) is 11.8 Å². The normalized spacial score (nSPS) is 10.3. The number of Topliss-reactive ketones (excluding diaryl/α,β-unsaturated/α-hetero) is 1. The molecule has 0 radical (unpaired) electrons. The summed E-state index contributed by atoms with van der Waals surface area (Å²) in [6.45, 7) is 0.514. The molecule has 0 aliphatic carbocycles. The van der Waals surface area contributed by atoms with Crippen molar-refractivity contribution in [2.24, 2.45) is 0 Å². The lowest BCUT2D eigenvalue weighted by Gasteiger charge is -2.01. The highest BCUT2D eigenvalue weighted by Gasteiger charge is 2.02. The summed E-state index contributed by atoms with van der Waals surface area (Å²) in [5.74, 6) is 0.745. The Morgan fingerprint density at radius 3 is 2.67 bits per heavy atom. The van der Waals surface area contributed by atoms with Crippen LogP contribution in [0.2, 0.25) is 0 Å². The minimum atomic E-state index is 0.227. The van der Waals surface area contributed by atoms with Crippen LogP contribution >= 0.6 is 27.7 Å². The molecule has 0 bridgehead atoms. The Labute approximate surface area is 103 Å². The van der Waals surface area contributed by atoms with E-state index in [9.17, 15) is 4.79 Å². The number of ketones is 1. The maximum absolute atomic E-state index is 11.3. The van der Waals surface area contributed by atoms with Crippen molar-refractivity contribution in [1.82, 2.24) is 0 Å². The van der Waals surface area contributed by atoms with Gasteiger partial charge in [-0.25, -0.2) is 0 Å². The number of hydrogen-bond acceptors (Lipinski definition) is 3. The van der Waals surface area contributed by atoms with Crippen molar-refractivity contribution in [3.8, 4) is 0 Å². The van der Waals surface area contributed by atoms with Gasteiger partial charge in [0.1, 0.15) is 5.78 Å². The predicted octanol–water partition coefficient (Wildman–Crippen LogP) is 3.15. The van der Waals surface area contributed by atoms with E-state index in [0.717, 1.165) is 9.37 Å². The molecule has 0 fully saturated rings. The maximum atomic E-state index is 11.3. The Balaban J connectivity index is 2.30. The second kappa shape index (κ2) is 7.04. The number of ether oxygens (including phenoxy) is 1. The molecule has 1 rings (SSSR count). The fraction of sp³-hybridized carbons (Fsp3) is 0.364. The highest BCUT2D eigenvalue weighted by molar-refractivity contribution is 9.10. The van der Waals surface area contributed by atoms with Crippen LogP contribution in [-0.4, -0.2) is 25.3 Å². The third-order valence-electron chi connectivity index (χ3n) is 1.80. The van der Waals surface area contributed by atoms with E-state index >= 15 is 0 Å². The van der Waals surface area contributed by atoms with Crippen molar-refractivity contribution in [3.05, 3.63) is 28.7 Å². The van der Waals surface area contributed by atoms with E-state index in [1.807, 2.05) is 24.3 Å². The van der Waals surface area contributed by atoms with Crippen LogP contribution in [0.25, 0.3) is 0 Å². The van der Waals surface area contributed by atoms with Gasteiger partial charge < -0.3 is 4.74 Å². The molecule has 0 amide bonds. The molecule has 15 heavy (non-hydrogen) atoms. The number of thioether (sulfide) groups is 1. The second-order valence-electron chi connectivity index (χ2n) is 3.02. The van der Waals surface area contributed by atoms with Crippen LogP contribution < -0.4 is 0 Å². The summed E-state index contributed by atoms with van der Waals surface area (Å²) in [7, 11) is 1.61. The van der Waals surface area contributed by atoms with Crippen molar-refractivity contribution in [2.45, 2.75) is 11.3 Å². The Hall–Kier alpha value is -0.320. The zero-order valence-corrected chi connectivity index (χ0v) is 10.9. The monoisotopic (exact) mass is 288 g/mol. The van der Waals surface area contributed by atoms with Gasteiger partial charge in [0.2, 0.25) is 0 Å². The number of carbonyl (C=O) groups excluding carboxylic acids is 1. The lowest BCUT2D eigenvalue weighted by Crippen LogP contribution is -2.04. The first-order valence-corrected chi connectivity index (χ1v) is 6.39. The zero-order chi connectivity index (χ0) is 11.1. The smallest absolute Gasteiger partial charge is 0.145 e. The number of hydrogen-bond donors (Lipinski definition) is 0. The van der Waals surface area contributed by atoms with Crippen molar-refractivity contribution >= 4 is 33.5 Å². The first kappa shape index (κ1) is 12.7. The number of methoxy groups -OCH3 is 1. The first-order valence-electron chi connectivity index (χ1n) is 4.61. The molecular formula is C11H13BrO2S. The fourth-order valence-electron chi connectivity index (χ4n) is 0.983. The number of benzene rings is 1. The summed E-state index contributed by atoms with van der Waals surface area (Å²) in [5, 5.41) is 0. The van der Waals surface area contributed by atoms with Crippen LogP contribution in [-0.2, 0) is 9.53 Å². The molecule has 0 saturated carbocycles. The molecule has 1 aromatic carbocycles. The SMILES string of the molecule is COCCC(=O)CSc1ccc(Br)cc1. The molecule has 0 atom stereocenters. The Morgan fingerprint density at radius 2 is 2.07 bits per heavy atom. The summed E-state index contributed by atoms with van der Waals surface area (Å²) < 4.78 is 5.90. The van der Waals surface area contributed by atoms with Crippen molar-refractivity contribution < 1.29 is 9.53 Å². The topological polar surface area (TPSA) is 26.3 Å². The van der Waals surface area contributed by atoms with E-state index < -0.39 is 0 Å². The molecular weight excluding hydrogens is 276 g/mol. The summed E-state index contributed by atoms with van der Waals surface area (Å²) >= 11 is 4.93. The minimum absolute atomic E-state index is 0.227. The quantitative estimate of drug-likeness (QED) is 0.753. The van der Waals surface area contributed by atoms with Crippen molar-refractivity contribution in [2.75, 3.05) is 19.5 Å². The van der Waals surface area contributed by atoms with Crippen molar-refractivity contribution in [3.63, 3.8) is 0 Å². The number of rotatable bonds is 6. The van der Waals surface area contributed by atoms with Gasteiger partial charge >= 0.3 is 0 Å². The Bertz CT molecular complexity index is 311. The average molecular weight is 289 g/mol. The van der Waals surface area contributed by atoms with Crippen LogP contribution in [0.1, 0.15) is 6.42 Å². The van der Waals surface area contributed by atoms with E-state index in [2.05, 4.69) is 15.9 Å². The van der Waals surface area contributed by atoms with Gasteiger partial charge in [0.25, 0.3) is 0 Å². The molecule has 4 heteroatoms. The van der Waals surface area contributed by atoms with E-state index in [4.69, 9.17) is 4.74 Å². The number of halogens is 1. The van der Waals surface area contributed by atoms with Gasteiger partial charge in [-0.1, -0.05) is 15.9 Å². The Morgan fingerprint density at radius 1 is 1.40 bits per heavy atom. The van der Waals surface area contributed by atoms with Crippen LogP contribution in [0.4, 0.5) is 0 Å². The molecule has 0 aromatic heterocycles. The van der Waals surface area contributed by atoms with Gasteiger partial charge in [0.05, 0.1) is 12.4 Å². The molecule has 0 saturated heterocycles. The van der Waals surface area contributed by atoms with Gasteiger partial charge in [-0.2, -0.15) is 0 Å². The van der Waals surface area contributed by atoms with Gasteiger partial charge in [0.15, 0.2) is 0 Å². The van der Waals surface area contributed by atoms with Crippen LogP contribution in [0.5, 0.6) is 0 Å². The summed E-state index contributed by atoms with van der Waals surface area (Å²) in [4.78, 5) is 12.4. The summed E-state index contributed by atoms with van der Waals surface area (Å²) in [6.07, 6.45) is 0.500. The number of carbonyl (C=O) groups is 1. The zero-order valence-electron chi connectivity index (χ0n) is 8.53. The molecule has 0 aliphatic rings. The van der Waals surface area contributed by atoms with Crippen LogP contribution in [0, 0.1) is 0 Å². The lowest BCUT2D eigenvalue weighted by molar-refractivity contribution is -0.117. The minimum Gasteiger partial charge on any atom is -0.384 e. The summed E-state index contributed by atoms with van der Waals surface area (Å²) in [5.41, 5.74) is 0. The highest BCUT2D eigenvalue weighted by atomic mass is 79.9. The first-order chi connectivity index (χ1) is 7.22. The lowest BCUT2D eigenvalue weighted by atomic mass is 10.3. The van der Waals surface area contributed by atoms with Gasteiger partial charge in [-0.05, 0) is 24.3 Å². The Kier molecular flexibility index (Phi) is 5.98. The molecule has 2 nitrogen and oxygen atoms in total. The van der Waals surface area contributed by atoms with E-state index in [1.54, 1.807) is 18.9 Å². The van der Waals surface area contributed by atoms with Crippen LogP contribution in [0.15, 0.2) is 33.6 Å². The molecule has 0 aliphatic heterocycles. The predicted molar refractivity (Wildman–Crippen MR) is 66.4 cm³/mol.